The molecule has 0 saturated carbocycles. The molecule has 2 aromatic carbocycles. The lowest BCUT2D eigenvalue weighted by molar-refractivity contribution is 0.441. The van der Waals surface area contributed by atoms with Crippen molar-refractivity contribution in [3.05, 3.63) is 59.4 Å². The highest BCUT2D eigenvalue weighted by molar-refractivity contribution is 5.35. The molecular formula is C16H18FNO. The molecule has 0 fully saturated rings. The van der Waals surface area contributed by atoms with Gasteiger partial charge < -0.3 is 10.1 Å². The van der Waals surface area contributed by atoms with Gasteiger partial charge in [0.05, 0.1) is 0 Å². The van der Waals surface area contributed by atoms with E-state index in [4.69, 9.17) is 4.74 Å². The average molecular weight is 259 g/mol. The number of ether oxygens (including phenoxy) is 1. The maximum absolute atomic E-state index is 13.6. The van der Waals surface area contributed by atoms with E-state index in [1.807, 2.05) is 31.2 Å². The van der Waals surface area contributed by atoms with Gasteiger partial charge in [-0.25, -0.2) is 4.39 Å². The number of hydrogen-bond acceptors (Lipinski definition) is 2. The molecule has 0 aromatic heterocycles. The zero-order valence-corrected chi connectivity index (χ0v) is 11.2. The Kier molecular flexibility index (Phi) is 4.53. The number of nitrogens with one attached hydrogen (secondary N) is 1. The quantitative estimate of drug-likeness (QED) is 0.875. The summed E-state index contributed by atoms with van der Waals surface area (Å²) in [5.41, 5.74) is 2.15. The molecule has 0 amide bonds. The Morgan fingerprint density at radius 1 is 1.11 bits per heavy atom. The minimum absolute atomic E-state index is 0.263. The summed E-state index contributed by atoms with van der Waals surface area (Å²) in [6.07, 6.45) is 0. The summed E-state index contributed by atoms with van der Waals surface area (Å²) in [4.78, 5) is 0. The number of aryl methyl sites for hydroxylation is 1. The molecule has 0 aliphatic carbocycles. The van der Waals surface area contributed by atoms with Gasteiger partial charge in [0.25, 0.3) is 0 Å². The lowest BCUT2D eigenvalue weighted by Gasteiger charge is -2.08. The topological polar surface area (TPSA) is 21.3 Å². The van der Waals surface area contributed by atoms with Gasteiger partial charge in [0.1, 0.15) is 5.75 Å². The van der Waals surface area contributed by atoms with E-state index in [9.17, 15) is 4.39 Å². The van der Waals surface area contributed by atoms with Gasteiger partial charge in [0.2, 0.25) is 0 Å². The summed E-state index contributed by atoms with van der Waals surface area (Å²) in [7, 11) is 0. The highest BCUT2D eigenvalue weighted by atomic mass is 19.1. The average Bonchev–Trinajstić information content (AvgIpc) is 2.42. The van der Waals surface area contributed by atoms with Gasteiger partial charge in [0.15, 0.2) is 11.6 Å². The van der Waals surface area contributed by atoms with Crippen molar-refractivity contribution in [3.8, 4) is 11.5 Å². The summed E-state index contributed by atoms with van der Waals surface area (Å²) in [5.74, 6) is 0.562. The van der Waals surface area contributed by atoms with Gasteiger partial charge in [-0.1, -0.05) is 25.1 Å². The molecular weight excluding hydrogens is 241 g/mol. The highest BCUT2D eigenvalue weighted by Gasteiger charge is 2.04. The van der Waals surface area contributed by atoms with Crippen molar-refractivity contribution in [3.63, 3.8) is 0 Å². The van der Waals surface area contributed by atoms with E-state index in [1.54, 1.807) is 12.1 Å². The van der Waals surface area contributed by atoms with E-state index in [0.717, 1.165) is 18.7 Å². The molecule has 2 rings (SSSR count). The standard InChI is InChI=1S/C16H18FNO/c1-3-18-11-13-5-7-14(8-6-13)19-16-10-12(2)4-9-15(16)17/h4-10,18H,3,11H2,1-2H3. The molecule has 2 aromatic rings. The monoisotopic (exact) mass is 259 g/mol. The van der Waals surface area contributed by atoms with Gasteiger partial charge in [-0.15, -0.1) is 0 Å². The summed E-state index contributed by atoms with van der Waals surface area (Å²) < 4.78 is 19.1. The van der Waals surface area contributed by atoms with Gasteiger partial charge in [0, 0.05) is 6.54 Å². The second-order valence-corrected chi connectivity index (χ2v) is 4.46. The molecule has 1 N–H and O–H groups in total. The third-order valence-corrected chi connectivity index (χ3v) is 2.82. The molecule has 0 bridgehead atoms. The Labute approximate surface area is 113 Å². The van der Waals surface area contributed by atoms with Crippen molar-refractivity contribution >= 4 is 0 Å². The van der Waals surface area contributed by atoms with Crippen molar-refractivity contribution in [1.29, 1.82) is 0 Å². The van der Waals surface area contributed by atoms with E-state index in [-0.39, 0.29) is 11.6 Å². The Balaban J connectivity index is 2.08. The Morgan fingerprint density at radius 3 is 2.53 bits per heavy atom. The predicted molar refractivity (Wildman–Crippen MR) is 75.0 cm³/mol. The summed E-state index contributed by atoms with van der Waals surface area (Å²) >= 11 is 0. The molecule has 0 heterocycles. The van der Waals surface area contributed by atoms with Crippen LogP contribution in [0.2, 0.25) is 0 Å². The van der Waals surface area contributed by atoms with Crippen LogP contribution in [0.15, 0.2) is 42.5 Å². The summed E-state index contributed by atoms with van der Waals surface area (Å²) in [6, 6.07) is 12.5. The van der Waals surface area contributed by atoms with Gasteiger partial charge >= 0.3 is 0 Å². The molecule has 0 radical (unpaired) electrons. The van der Waals surface area contributed by atoms with Crippen LogP contribution in [0.3, 0.4) is 0 Å². The molecule has 0 aliphatic heterocycles. The second-order valence-electron chi connectivity index (χ2n) is 4.46. The van der Waals surface area contributed by atoms with Gasteiger partial charge in [-0.05, 0) is 48.9 Å². The van der Waals surface area contributed by atoms with E-state index in [2.05, 4.69) is 12.2 Å². The first kappa shape index (κ1) is 13.6. The van der Waals surface area contributed by atoms with Crippen LogP contribution in [0.4, 0.5) is 4.39 Å². The summed E-state index contributed by atoms with van der Waals surface area (Å²) in [5, 5.41) is 3.25. The van der Waals surface area contributed by atoms with Crippen molar-refractivity contribution in [2.45, 2.75) is 20.4 Å². The Hall–Kier alpha value is -1.87. The minimum Gasteiger partial charge on any atom is -0.454 e. The van der Waals surface area contributed by atoms with Crippen LogP contribution in [0.25, 0.3) is 0 Å². The fourth-order valence-corrected chi connectivity index (χ4v) is 1.76. The molecule has 0 atom stereocenters. The lowest BCUT2D eigenvalue weighted by Crippen LogP contribution is -2.11. The van der Waals surface area contributed by atoms with Gasteiger partial charge in [-0.3, -0.25) is 0 Å². The molecule has 0 unspecified atom stereocenters. The second kappa shape index (κ2) is 6.34. The summed E-state index contributed by atoms with van der Waals surface area (Å²) in [6.45, 7) is 5.74. The van der Waals surface area contributed by atoms with E-state index in [1.165, 1.54) is 11.6 Å². The van der Waals surface area contributed by atoms with E-state index >= 15 is 0 Å². The maximum atomic E-state index is 13.6. The number of rotatable bonds is 5. The van der Waals surface area contributed by atoms with Crippen LogP contribution in [0, 0.1) is 12.7 Å². The fourth-order valence-electron chi connectivity index (χ4n) is 1.76. The van der Waals surface area contributed by atoms with Crippen molar-refractivity contribution in [1.82, 2.24) is 5.32 Å². The van der Waals surface area contributed by atoms with Crippen LogP contribution in [0.1, 0.15) is 18.1 Å². The maximum Gasteiger partial charge on any atom is 0.165 e. The van der Waals surface area contributed by atoms with Crippen LogP contribution in [-0.2, 0) is 6.54 Å². The first-order valence-electron chi connectivity index (χ1n) is 6.42. The molecule has 0 saturated heterocycles. The lowest BCUT2D eigenvalue weighted by atomic mass is 10.2. The Bertz CT molecular complexity index is 537. The van der Waals surface area contributed by atoms with Crippen LogP contribution < -0.4 is 10.1 Å². The third kappa shape index (κ3) is 3.80. The normalized spacial score (nSPS) is 10.5. The van der Waals surface area contributed by atoms with E-state index in [0.29, 0.717) is 5.75 Å². The number of benzene rings is 2. The Morgan fingerprint density at radius 2 is 1.84 bits per heavy atom. The third-order valence-electron chi connectivity index (χ3n) is 2.82. The van der Waals surface area contributed by atoms with Crippen molar-refractivity contribution in [2.24, 2.45) is 0 Å². The number of hydrogen-bond donors (Lipinski definition) is 1. The fraction of sp³-hybridized carbons (Fsp3) is 0.250. The zero-order valence-electron chi connectivity index (χ0n) is 11.2. The largest absolute Gasteiger partial charge is 0.454 e. The first-order valence-corrected chi connectivity index (χ1v) is 6.42. The van der Waals surface area contributed by atoms with E-state index < -0.39 is 0 Å². The van der Waals surface area contributed by atoms with Gasteiger partial charge in [-0.2, -0.15) is 0 Å². The van der Waals surface area contributed by atoms with Crippen LogP contribution in [-0.4, -0.2) is 6.54 Å². The zero-order chi connectivity index (χ0) is 13.7. The number of halogens is 1. The molecule has 0 aliphatic rings. The minimum atomic E-state index is -0.345. The van der Waals surface area contributed by atoms with Crippen LogP contribution in [0.5, 0.6) is 11.5 Å². The molecule has 100 valence electrons. The van der Waals surface area contributed by atoms with Crippen molar-refractivity contribution in [2.75, 3.05) is 6.54 Å². The molecule has 0 spiro atoms. The first-order chi connectivity index (χ1) is 9.19. The highest BCUT2D eigenvalue weighted by Crippen LogP contribution is 2.25. The molecule has 19 heavy (non-hydrogen) atoms. The van der Waals surface area contributed by atoms with Crippen LogP contribution >= 0.6 is 0 Å². The molecule has 2 nitrogen and oxygen atoms in total. The van der Waals surface area contributed by atoms with Crippen molar-refractivity contribution < 1.29 is 9.13 Å². The smallest absolute Gasteiger partial charge is 0.165 e. The SMILES string of the molecule is CCNCc1ccc(Oc2cc(C)ccc2F)cc1. The predicted octanol–water partition coefficient (Wildman–Crippen LogP) is 4.04. The molecule has 3 heteroatoms.